The van der Waals surface area contributed by atoms with Gasteiger partial charge in [0.1, 0.15) is 0 Å². The van der Waals surface area contributed by atoms with Gasteiger partial charge in [0.15, 0.2) is 0 Å². The molecule has 1 aliphatic rings. The first-order valence-electron chi connectivity index (χ1n) is 7.50. The minimum Gasteiger partial charge on any atom is -0.325 e. The Labute approximate surface area is 128 Å². The average molecular weight is 303 g/mol. The molecule has 0 spiro atoms. The van der Waals surface area contributed by atoms with Crippen molar-refractivity contribution in [1.29, 1.82) is 0 Å². The highest BCUT2D eigenvalue weighted by molar-refractivity contribution is 7.18. The number of nitrogens with zero attached hydrogens (tertiary/aromatic N) is 1. The number of nitrogens with two attached hydrogens (primary N) is 1. The maximum atomic E-state index is 12.1. The van der Waals surface area contributed by atoms with Gasteiger partial charge in [-0.15, -0.1) is 11.3 Å². The maximum absolute atomic E-state index is 12.1. The molecule has 1 aromatic heterocycles. The Morgan fingerprint density at radius 1 is 1.48 bits per heavy atom. The van der Waals surface area contributed by atoms with Crippen LogP contribution < -0.4 is 11.1 Å². The van der Waals surface area contributed by atoms with Crippen molar-refractivity contribution < 1.29 is 4.79 Å². The zero-order chi connectivity index (χ0) is 15.0. The topological polar surface area (TPSA) is 68.0 Å². The van der Waals surface area contributed by atoms with E-state index >= 15 is 0 Å². The van der Waals surface area contributed by atoms with E-state index in [0.717, 1.165) is 15.9 Å². The Morgan fingerprint density at radius 2 is 2.24 bits per heavy atom. The molecule has 1 saturated carbocycles. The standard InChI is InChI=1S/C16H21N3OS/c1-9(2)7-12(17)15(20)18-11-5-6-13-14(8-11)21-16(19-13)10-3-4-10/h5-6,8-10,12H,3-4,7,17H2,1-2H3,(H,18,20)/t12-/m0/s1. The lowest BCUT2D eigenvalue weighted by Gasteiger charge is -2.14. The van der Waals surface area contributed by atoms with Crippen LogP contribution in [-0.2, 0) is 4.79 Å². The molecule has 5 heteroatoms. The molecule has 1 aliphatic carbocycles. The zero-order valence-corrected chi connectivity index (χ0v) is 13.2. The van der Waals surface area contributed by atoms with Crippen LogP contribution in [0.3, 0.4) is 0 Å². The molecule has 0 saturated heterocycles. The van der Waals surface area contributed by atoms with Crippen molar-refractivity contribution in [2.75, 3.05) is 5.32 Å². The summed E-state index contributed by atoms with van der Waals surface area (Å²) in [4.78, 5) is 16.7. The Morgan fingerprint density at radius 3 is 2.90 bits per heavy atom. The van der Waals surface area contributed by atoms with E-state index in [2.05, 4.69) is 24.1 Å². The van der Waals surface area contributed by atoms with Gasteiger partial charge in [0.25, 0.3) is 0 Å². The predicted octanol–water partition coefficient (Wildman–Crippen LogP) is 3.49. The highest BCUT2D eigenvalue weighted by atomic mass is 32.1. The van der Waals surface area contributed by atoms with E-state index in [-0.39, 0.29) is 5.91 Å². The van der Waals surface area contributed by atoms with Gasteiger partial charge in [0.2, 0.25) is 5.91 Å². The van der Waals surface area contributed by atoms with Gasteiger partial charge >= 0.3 is 0 Å². The van der Waals surface area contributed by atoms with Gasteiger partial charge in [-0.25, -0.2) is 4.98 Å². The van der Waals surface area contributed by atoms with Crippen molar-refractivity contribution in [2.24, 2.45) is 11.7 Å². The normalized spacial score (nSPS) is 16.4. The van der Waals surface area contributed by atoms with Crippen molar-refractivity contribution in [3.63, 3.8) is 0 Å². The third-order valence-electron chi connectivity index (χ3n) is 3.66. The number of fused-ring (bicyclic) bond motifs is 1. The summed E-state index contributed by atoms with van der Waals surface area (Å²) in [7, 11) is 0. The van der Waals surface area contributed by atoms with Crippen LogP contribution in [0.15, 0.2) is 18.2 Å². The minimum atomic E-state index is -0.454. The first-order chi connectivity index (χ1) is 10.0. The number of carbonyl (C=O) groups is 1. The lowest BCUT2D eigenvalue weighted by molar-refractivity contribution is -0.117. The molecular formula is C16H21N3OS. The number of anilines is 1. The van der Waals surface area contributed by atoms with E-state index in [1.807, 2.05) is 18.2 Å². The number of aromatic nitrogens is 1. The highest BCUT2D eigenvalue weighted by Gasteiger charge is 2.27. The molecule has 0 bridgehead atoms. The average Bonchev–Trinajstić information content (AvgIpc) is 3.18. The van der Waals surface area contributed by atoms with Gasteiger partial charge in [-0.2, -0.15) is 0 Å². The molecule has 3 rings (SSSR count). The summed E-state index contributed by atoms with van der Waals surface area (Å²) in [5.74, 6) is 0.964. The molecule has 1 atom stereocenters. The number of thiazole rings is 1. The van der Waals surface area contributed by atoms with Gasteiger partial charge in [-0.05, 0) is 43.4 Å². The third kappa shape index (κ3) is 3.41. The molecule has 3 N–H and O–H groups in total. The molecule has 0 unspecified atom stereocenters. The number of carbonyl (C=O) groups excluding carboxylic acids is 1. The van der Waals surface area contributed by atoms with Gasteiger partial charge < -0.3 is 11.1 Å². The SMILES string of the molecule is CC(C)C[C@H](N)C(=O)Nc1ccc2nc(C3CC3)sc2c1. The highest BCUT2D eigenvalue weighted by Crippen LogP contribution is 2.43. The molecular weight excluding hydrogens is 282 g/mol. The van der Waals surface area contributed by atoms with Crippen molar-refractivity contribution in [2.45, 2.75) is 45.1 Å². The first-order valence-corrected chi connectivity index (χ1v) is 8.31. The molecule has 0 aliphatic heterocycles. The second-order valence-corrected chi connectivity index (χ2v) is 7.30. The summed E-state index contributed by atoms with van der Waals surface area (Å²) >= 11 is 1.73. The summed E-state index contributed by atoms with van der Waals surface area (Å²) in [6.07, 6.45) is 3.21. The fourth-order valence-corrected chi connectivity index (χ4v) is 3.55. The first kappa shape index (κ1) is 14.5. The smallest absolute Gasteiger partial charge is 0.241 e. The lowest BCUT2D eigenvalue weighted by Crippen LogP contribution is -2.36. The van der Waals surface area contributed by atoms with Crippen molar-refractivity contribution >= 4 is 33.1 Å². The monoisotopic (exact) mass is 303 g/mol. The Balaban J connectivity index is 1.73. The molecule has 1 amide bonds. The Bertz CT molecular complexity index is 661. The van der Waals surface area contributed by atoms with E-state index in [0.29, 0.717) is 18.3 Å². The predicted molar refractivity (Wildman–Crippen MR) is 87.7 cm³/mol. The van der Waals surface area contributed by atoms with E-state index in [1.165, 1.54) is 17.8 Å². The summed E-state index contributed by atoms with van der Waals surface area (Å²) in [6.45, 7) is 4.13. The van der Waals surface area contributed by atoms with E-state index in [1.54, 1.807) is 11.3 Å². The van der Waals surface area contributed by atoms with Crippen molar-refractivity contribution in [1.82, 2.24) is 4.98 Å². The maximum Gasteiger partial charge on any atom is 0.241 e. The number of nitrogens with one attached hydrogen (secondary N) is 1. The number of benzene rings is 1. The summed E-state index contributed by atoms with van der Waals surface area (Å²) in [5, 5.41) is 4.14. The van der Waals surface area contributed by atoms with Crippen LogP contribution in [0.25, 0.3) is 10.2 Å². The van der Waals surface area contributed by atoms with E-state index in [9.17, 15) is 4.79 Å². The summed E-state index contributed by atoms with van der Waals surface area (Å²) in [5.41, 5.74) is 7.73. The van der Waals surface area contributed by atoms with E-state index in [4.69, 9.17) is 5.73 Å². The quantitative estimate of drug-likeness (QED) is 0.888. The molecule has 2 aromatic rings. The number of rotatable bonds is 5. The molecule has 112 valence electrons. The minimum absolute atomic E-state index is 0.116. The summed E-state index contributed by atoms with van der Waals surface area (Å²) < 4.78 is 1.13. The molecule has 4 nitrogen and oxygen atoms in total. The largest absolute Gasteiger partial charge is 0.325 e. The second kappa shape index (κ2) is 5.73. The molecule has 1 aromatic carbocycles. The molecule has 1 heterocycles. The van der Waals surface area contributed by atoms with Gasteiger partial charge in [0, 0.05) is 11.6 Å². The van der Waals surface area contributed by atoms with Crippen LogP contribution in [0.1, 0.15) is 44.0 Å². The van der Waals surface area contributed by atoms with Gasteiger partial charge in [0.05, 0.1) is 21.3 Å². The molecule has 0 radical (unpaired) electrons. The van der Waals surface area contributed by atoms with Gasteiger partial charge in [-0.1, -0.05) is 13.8 Å². The Hall–Kier alpha value is -1.46. The molecule has 21 heavy (non-hydrogen) atoms. The lowest BCUT2D eigenvalue weighted by atomic mass is 10.0. The van der Waals surface area contributed by atoms with Crippen LogP contribution in [-0.4, -0.2) is 16.9 Å². The zero-order valence-electron chi connectivity index (χ0n) is 12.4. The van der Waals surface area contributed by atoms with Gasteiger partial charge in [-0.3, -0.25) is 4.79 Å². The van der Waals surface area contributed by atoms with Crippen molar-refractivity contribution in [3.8, 4) is 0 Å². The number of amides is 1. The van der Waals surface area contributed by atoms with Crippen LogP contribution in [0, 0.1) is 5.92 Å². The third-order valence-corrected chi connectivity index (χ3v) is 4.84. The van der Waals surface area contributed by atoms with Crippen LogP contribution in [0.2, 0.25) is 0 Å². The van der Waals surface area contributed by atoms with Crippen LogP contribution in [0.5, 0.6) is 0 Å². The molecule has 1 fully saturated rings. The van der Waals surface area contributed by atoms with Crippen molar-refractivity contribution in [3.05, 3.63) is 23.2 Å². The number of hydrogen-bond acceptors (Lipinski definition) is 4. The summed E-state index contributed by atoms with van der Waals surface area (Å²) in [6, 6.07) is 5.42. The second-order valence-electron chi connectivity index (χ2n) is 6.23. The fourth-order valence-electron chi connectivity index (χ4n) is 2.37. The number of hydrogen-bond donors (Lipinski definition) is 2. The fraction of sp³-hybridized carbons (Fsp3) is 0.500. The van der Waals surface area contributed by atoms with Crippen LogP contribution in [0.4, 0.5) is 5.69 Å². The Kier molecular flexibility index (Phi) is 3.95. The van der Waals surface area contributed by atoms with E-state index < -0.39 is 6.04 Å². The van der Waals surface area contributed by atoms with Crippen LogP contribution >= 0.6 is 11.3 Å².